The fraction of sp³-hybridized carbons (Fsp3) is 0.200. The largest absolute Gasteiger partial charge is 0.489 e. The van der Waals surface area contributed by atoms with Crippen LogP contribution >= 0.6 is 0 Å². The minimum absolute atomic E-state index is 0.241. The van der Waals surface area contributed by atoms with Gasteiger partial charge in [-0.05, 0) is 29.8 Å². The maximum atomic E-state index is 12.1. The first-order valence-corrected chi connectivity index (χ1v) is 8.36. The zero-order chi connectivity index (χ0) is 19.6. The highest BCUT2D eigenvalue weighted by Crippen LogP contribution is 2.30. The standard InChI is InChI=1S/C20H20N4O3/c1-24-18-6-5-14(8-15(18)16(9-21)20(24)23)27-11-12-3-2-4-13(7-12)19(26)17(22)10-25/h2-8,17,25H,10-11,22-23H2,1H3. The zero-order valence-electron chi connectivity index (χ0n) is 14.8. The van der Waals surface area contributed by atoms with Gasteiger partial charge in [-0.1, -0.05) is 18.2 Å². The molecular weight excluding hydrogens is 344 g/mol. The maximum absolute atomic E-state index is 12.1. The second-order valence-corrected chi connectivity index (χ2v) is 6.25. The van der Waals surface area contributed by atoms with Gasteiger partial charge in [-0.2, -0.15) is 5.26 Å². The van der Waals surface area contributed by atoms with Crippen LogP contribution in [0.3, 0.4) is 0 Å². The van der Waals surface area contributed by atoms with Crippen molar-refractivity contribution in [1.82, 2.24) is 4.57 Å². The third-order valence-corrected chi connectivity index (χ3v) is 4.48. The lowest BCUT2D eigenvalue weighted by Gasteiger charge is -2.10. The smallest absolute Gasteiger partial charge is 0.181 e. The Morgan fingerprint density at radius 3 is 2.81 bits per heavy atom. The van der Waals surface area contributed by atoms with E-state index in [1.54, 1.807) is 41.9 Å². The van der Waals surface area contributed by atoms with Crippen molar-refractivity contribution in [2.75, 3.05) is 12.3 Å². The van der Waals surface area contributed by atoms with Crippen molar-refractivity contribution >= 4 is 22.5 Å². The number of ether oxygens (including phenoxy) is 1. The van der Waals surface area contributed by atoms with Crippen molar-refractivity contribution in [3.05, 3.63) is 59.2 Å². The number of carbonyl (C=O) groups excluding carboxylic acids is 1. The Labute approximate surface area is 156 Å². The average Bonchev–Trinajstić information content (AvgIpc) is 2.94. The first-order valence-electron chi connectivity index (χ1n) is 8.36. The van der Waals surface area contributed by atoms with E-state index >= 15 is 0 Å². The number of ketones is 1. The predicted molar refractivity (Wildman–Crippen MR) is 102 cm³/mol. The Balaban J connectivity index is 1.81. The van der Waals surface area contributed by atoms with Crippen LogP contribution in [-0.2, 0) is 13.7 Å². The molecule has 1 aromatic heterocycles. The number of Topliss-reactive ketones (excluding diaryl/α,β-unsaturated/α-hetero) is 1. The van der Waals surface area contributed by atoms with Crippen molar-refractivity contribution in [1.29, 1.82) is 5.26 Å². The number of nitrogens with two attached hydrogens (primary N) is 2. The van der Waals surface area contributed by atoms with Gasteiger partial charge in [0.15, 0.2) is 5.78 Å². The van der Waals surface area contributed by atoms with E-state index in [-0.39, 0.29) is 12.4 Å². The number of aliphatic hydroxyl groups is 1. The molecule has 0 radical (unpaired) electrons. The number of aryl methyl sites for hydroxylation is 1. The summed E-state index contributed by atoms with van der Waals surface area (Å²) in [4.78, 5) is 12.1. The van der Waals surface area contributed by atoms with Crippen LogP contribution < -0.4 is 16.2 Å². The van der Waals surface area contributed by atoms with Crippen LogP contribution in [0.1, 0.15) is 21.5 Å². The minimum Gasteiger partial charge on any atom is -0.489 e. The van der Waals surface area contributed by atoms with Crippen LogP contribution in [0, 0.1) is 11.3 Å². The van der Waals surface area contributed by atoms with E-state index in [0.29, 0.717) is 22.7 Å². The summed E-state index contributed by atoms with van der Waals surface area (Å²) in [6.45, 7) is -0.161. The van der Waals surface area contributed by atoms with E-state index in [9.17, 15) is 10.1 Å². The number of benzene rings is 2. The molecule has 0 aliphatic rings. The summed E-state index contributed by atoms with van der Waals surface area (Å²) in [5.41, 5.74) is 14.0. The molecule has 138 valence electrons. The molecule has 3 aromatic rings. The van der Waals surface area contributed by atoms with Gasteiger partial charge in [0, 0.05) is 18.0 Å². The highest BCUT2D eigenvalue weighted by molar-refractivity contribution is 6.00. The summed E-state index contributed by atoms with van der Waals surface area (Å²) in [6, 6.07) is 13.5. The molecule has 0 saturated heterocycles. The van der Waals surface area contributed by atoms with Crippen molar-refractivity contribution in [3.8, 4) is 11.8 Å². The van der Waals surface area contributed by atoms with E-state index in [1.807, 2.05) is 12.1 Å². The van der Waals surface area contributed by atoms with Crippen molar-refractivity contribution in [2.24, 2.45) is 12.8 Å². The normalized spacial score (nSPS) is 11.9. The minimum atomic E-state index is -0.934. The zero-order valence-corrected chi connectivity index (χ0v) is 14.8. The number of rotatable bonds is 6. The van der Waals surface area contributed by atoms with E-state index in [1.165, 1.54) is 0 Å². The third-order valence-electron chi connectivity index (χ3n) is 4.48. The number of anilines is 1. The fourth-order valence-corrected chi connectivity index (χ4v) is 2.93. The number of nitrogen functional groups attached to an aromatic ring is 1. The lowest BCUT2D eigenvalue weighted by Crippen LogP contribution is -2.34. The summed E-state index contributed by atoms with van der Waals surface area (Å²) < 4.78 is 7.58. The van der Waals surface area contributed by atoms with Crippen molar-refractivity contribution < 1.29 is 14.6 Å². The van der Waals surface area contributed by atoms with E-state index in [2.05, 4.69) is 6.07 Å². The van der Waals surface area contributed by atoms with Gasteiger partial charge in [0.1, 0.15) is 29.8 Å². The molecule has 27 heavy (non-hydrogen) atoms. The van der Waals surface area contributed by atoms with Gasteiger partial charge in [-0.15, -0.1) is 0 Å². The number of nitriles is 1. The van der Waals surface area contributed by atoms with Gasteiger partial charge >= 0.3 is 0 Å². The van der Waals surface area contributed by atoms with Gasteiger partial charge in [0.05, 0.1) is 18.2 Å². The molecular formula is C20H20N4O3. The molecule has 0 spiro atoms. The van der Waals surface area contributed by atoms with Gasteiger partial charge < -0.3 is 25.9 Å². The molecule has 0 fully saturated rings. The van der Waals surface area contributed by atoms with E-state index < -0.39 is 12.6 Å². The molecule has 7 heteroatoms. The summed E-state index contributed by atoms with van der Waals surface area (Å²) in [5, 5.41) is 19.1. The molecule has 0 aliphatic carbocycles. The first kappa shape index (κ1) is 18.5. The second-order valence-electron chi connectivity index (χ2n) is 6.25. The molecule has 5 N–H and O–H groups in total. The SMILES string of the molecule is Cn1c(N)c(C#N)c2cc(OCc3cccc(C(=O)C(N)CO)c3)ccc21. The quantitative estimate of drug-likeness (QED) is 0.571. The number of fused-ring (bicyclic) bond motifs is 1. The van der Waals surface area contributed by atoms with Crippen molar-refractivity contribution in [3.63, 3.8) is 0 Å². The fourth-order valence-electron chi connectivity index (χ4n) is 2.93. The molecule has 1 unspecified atom stereocenters. The number of hydrogen-bond acceptors (Lipinski definition) is 6. The molecule has 2 aromatic carbocycles. The number of hydrogen-bond donors (Lipinski definition) is 3. The summed E-state index contributed by atoms with van der Waals surface area (Å²) in [6.07, 6.45) is 0. The highest BCUT2D eigenvalue weighted by atomic mass is 16.5. The second kappa shape index (κ2) is 7.50. The monoisotopic (exact) mass is 364 g/mol. The average molecular weight is 364 g/mol. The van der Waals surface area contributed by atoms with Crippen LogP contribution in [-0.4, -0.2) is 28.1 Å². The summed E-state index contributed by atoms with van der Waals surface area (Å²) in [7, 11) is 1.80. The lowest BCUT2D eigenvalue weighted by atomic mass is 10.0. The Kier molecular flexibility index (Phi) is 5.12. The highest BCUT2D eigenvalue weighted by Gasteiger charge is 2.15. The van der Waals surface area contributed by atoms with Crippen LogP contribution in [0.5, 0.6) is 5.75 Å². The van der Waals surface area contributed by atoms with E-state index in [0.717, 1.165) is 16.5 Å². The van der Waals surface area contributed by atoms with Crippen LogP contribution in [0.4, 0.5) is 5.82 Å². The molecule has 1 heterocycles. The van der Waals surface area contributed by atoms with Crippen molar-refractivity contribution in [2.45, 2.75) is 12.6 Å². The van der Waals surface area contributed by atoms with Gasteiger partial charge in [0.25, 0.3) is 0 Å². The molecule has 3 rings (SSSR count). The molecule has 0 bridgehead atoms. The number of carbonyl (C=O) groups is 1. The van der Waals surface area contributed by atoms with Gasteiger partial charge in [0.2, 0.25) is 0 Å². The maximum Gasteiger partial charge on any atom is 0.181 e. The van der Waals surface area contributed by atoms with Gasteiger partial charge in [-0.25, -0.2) is 0 Å². The molecule has 0 aliphatic heterocycles. The topological polar surface area (TPSA) is 127 Å². The Bertz CT molecular complexity index is 1050. The molecule has 0 saturated carbocycles. The third kappa shape index (κ3) is 3.49. The number of nitrogens with zero attached hydrogens (tertiary/aromatic N) is 2. The molecule has 1 atom stereocenters. The number of aliphatic hydroxyl groups excluding tert-OH is 1. The van der Waals surface area contributed by atoms with E-state index in [4.69, 9.17) is 21.3 Å². The Morgan fingerprint density at radius 2 is 2.11 bits per heavy atom. The summed E-state index contributed by atoms with van der Waals surface area (Å²) in [5.74, 6) is 0.684. The Hall–Kier alpha value is -3.34. The Morgan fingerprint density at radius 1 is 1.33 bits per heavy atom. The first-order chi connectivity index (χ1) is 13.0. The van der Waals surface area contributed by atoms with Crippen LogP contribution in [0.15, 0.2) is 42.5 Å². The van der Waals surface area contributed by atoms with Gasteiger partial charge in [-0.3, -0.25) is 4.79 Å². The predicted octanol–water partition coefficient (Wildman–Crippen LogP) is 1.71. The van der Waals surface area contributed by atoms with Crippen LogP contribution in [0.25, 0.3) is 10.9 Å². The lowest BCUT2D eigenvalue weighted by molar-refractivity contribution is 0.0925. The summed E-state index contributed by atoms with van der Waals surface area (Å²) >= 11 is 0. The molecule has 7 nitrogen and oxygen atoms in total. The van der Waals surface area contributed by atoms with Crippen LogP contribution in [0.2, 0.25) is 0 Å². The molecule has 0 amide bonds. The number of aromatic nitrogens is 1.